The largest absolute Gasteiger partial charge is 0.249 e. The predicted molar refractivity (Wildman–Crippen MR) is 89.5 cm³/mol. The minimum Gasteiger partial charge on any atom is -0.249 e. The number of halogens is 1. The molecule has 1 heterocycles. The Bertz CT molecular complexity index is 561. The first-order valence-electron chi connectivity index (χ1n) is 7.43. The summed E-state index contributed by atoms with van der Waals surface area (Å²) in [6.07, 6.45) is 8.40. The Kier molecular flexibility index (Phi) is 4.38. The van der Waals surface area contributed by atoms with Gasteiger partial charge in [0.15, 0.2) is 5.82 Å². The van der Waals surface area contributed by atoms with Gasteiger partial charge in [-0.3, -0.25) is 0 Å². The van der Waals surface area contributed by atoms with Crippen molar-refractivity contribution in [1.29, 1.82) is 0 Å². The van der Waals surface area contributed by atoms with Crippen LogP contribution in [-0.4, -0.2) is 14.8 Å². The predicted octanol–water partition coefficient (Wildman–Crippen LogP) is 4.69. The topological polar surface area (TPSA) is 30.7 Å². The molecule has 0 amide bonds. The molecule has 3 nitrogen and oxygen atoms in total. The molecule has 4 heteroatoms. The van der Waals surface area contributed by atoms with Gasteiger partial charge in [0.2, 0.25) is 0 Å². The van der Waals surface area contributed by atoms with E-state index in [1.165, 1.54) is 35.7 Å². The van der Waals surface area contributed by atoms with Crippen LogP contribution in [0.15, 0.2) is 30.6 Å². The fourth-order valence-corrected chi connectivity index (χ4v) is 3.42. The van der Waals surface area contributed by atoms with Gasteiger partial charge in [0, 0.05) is 9.13 Å². The van der Waals surface area contributed by atoms with Gasteiger partial charge in [-0.05, 0) is 53.5 Å². The van der Waals surface area contributed by atoms with Gasteiger partial charge in [0.25, 0.3) is 0 Å². The van der Waals surface area contributed by atoms with E-state index in [-0.39, 0.29) is 0 Å². The molecule has 1 aromatic heterocycles. The minimum atomic E-state index is 0.541. The molecule has 0 saturated heterocycles. The lowest BCUT2D eigenvalue weighted by Crippen LogP contribution is -2.19. The van der Waals surface area contributed by atoms with E-state index in [4.69, 9.17) is 5.10 Å². The maximum atomic E-state index is 4.71. The molecule has 0 spiro atoms. The van der Waals surface area contributed by atoms with Crippen LogP contribution in [-0.2, 0) is 0 Å². The van der Waals surface area contributed by atoms with E-state index in [1.807, 2.05) is 6.33 Å². The van der Waals surface area contributed by atoms with E-state index in [2.05, 4.69) is 63.4 Å². The fraction of sp³-hybridized carbons (Fsp3) is 0.500. The van der Waals surface area contributed by atoms with Crippen molar-refractivity contribution in [2.45, 2.75) is 45.1 Å². The van der Waals surface area contributed by atoms with E-state index in [9.17, 15) is 0 Å². The van der Waals surface area contributed by atoms with Crippen molar-refractivity contribution in [3.8, 4) is 11.4 Å². The molecule has 1 fully saturated rings. The Balaban J connectivity index is 1.78. The lowest BCUT2D eigenvalue weighted by atomic mass is 9.84. The summed E-state index contributed by atoms with van der Waals surface area (Å²) in [5, 5.41) is 4.71. The van der Waals surface area contributed by atoms with Crippen molar-refractivity contribution in [2.75, 3.05) is 0 Å². The van der Waals surface area contributed by atoms with Gasteiger partial charge in [0.05, 0.1) is 6.04 Å². The molecule has 1 aliphatic rings. The average Bonchev–Trinajstić information content (AvgIpc) is 2.98. The standard InChI is InChI=1S/C16H20IN3/c1-2-12-4-3-5-15(10-12)20-11-18-16(19-20)13-6-8-14(17)9-7-13/h6-9,11-12,15H,2-5,10H2,1H3. The van der Waals surface area contributed by atoms with Gasteiger partial charge in [0.1, 0.15) is 6.33 Å². The summed E-state index contributed by atoms with van der Waals surface area (Å²) >= 11 is 2.32. The smallest absolute Gasteiger partial charge is 0.181 e. The van der Waals surface area contributed by atoms with Crippen LogP contribution < -0.4 is 0 Å². The monoisotopic (exact) mass is 381 g/mol. The Hall–Kier alpha value is -0.910. The Morgan fingerprint density at radius 1 is 1.25 bits per heavy atom. The summed E-state index contributed by atoms with van der Waals surface area (Å²) in [6, 6.07) is 8.93. The maximum absolute atomic E-state index is 4.71. The van der Waals surface area contributed by atoms with Crippen LogP contribution in [0, 0.1) is 9.49 Å². The number of nitrogens with zero attached hydrogens (tertiary/aromatic N) is 3. The number of aromatic nitrogens is 3. The van der Waals surface area contributed by atoms with E-state index in [1.54, 1.807) is 0 Å². The molecular weight excluding hydrogens is 361 g/mol. The highest BCUT2D eigenvalue weighted by atomic mass is 127. The summed E-state index contributed by atoms with van der Waals surface area (Å²) < 4.78 is 3.33. The zero-order chi connectivity index (χ0) is 13.9. The SMILES string of the molecule is CCC1CCCC(n2cnc(-c3ccc(I)cc3)n2)C1. The summed E-state index contributed by atoms with van der Waals surface area (Å²) in [4.78, 5) is 4.49. The number of benzene rings is 1. The second-order valence-corrected chi connectivity index (χ2v) is 6.90. The third-order valence-corrected chi connectivity index (χ3v) is 5.04. The minimum absolute atomic E-state index is 0.541. The first kappa shape index (κ1) is 14.0. The Morgan fingerprint density at radius 3 is 2.80 bits per heavy atom. The van der Waals surface area contributed by atoms with Gasteiger partial charge < -0.3 is 0 Å². The van der Waals surface area contributed by atoms with Crippen molar-refractivity contribution < 1.29 is 0 Å². The number of rotatable bonds is 3. The third kappa shape index (κ3) is 3.05. The lowest BCUT2D eigenvalue weighted by molar-refractivity contribution is 0.247. The Morgan fingerprint density at radius 2 is 2.05 bits per heavy atom. The van der Waals surface area contributed by atoms with Crippen LogP contribution in [0.1, 0.15) is 45.1 Å². The van der Waals surface area contributed by atoms with Crippen molar-refractivity contribution in [3.63, 3.8) is 0 Å². The van der Waals surface area contributed by atoms with E-state index >= 15 is 0 Å². The molecule has 1 saturated carbocycles. The summed E-state index contributed by atoms with van der Waals surface area (Å²) in [7, 11) is 0. The van der Waals surface area contributed by atoms with Gasteiger partial charge >= 0.3 is 0 Å². The molecule has 1 aromatic carbocycles. The zero-order valence-electron chi connectivity index (χ0n) is 11.8. The highest BCUT2D eigenvalue weighted by molar-refractivity contribution is 14.1. The first-order chi connectivity index (χ1) is 9.76. The first-order valence-corrected chi connectivity index (χ1v) is 8.51. The molecule has 0 N–H and O–H groups in total. The van der Waals surface area contributed by atoms with Crippen LogP contribution in [0.4, 0.5) is 0 Å². The molecule has 106 valence electrons. The summed E-state index contributed by atoms with van der Waals surface area (Å²) in [6.45, 7) is 2.30. The second kappa shape index (κ2) is 6.24. The van der Waals surface area contributed by atoms with Gasteiger partial charge in [-0.2, -0.15) is 5.10 Å². The second-order valence-electron chi connectivity index (χ2n) is 5.65. The third-order valence-electron chi connectivity index (χ3n) is 4.32. The van der Waals surface area contributed by atoms with Gasteiger partial charge in [-0.1, -0.05) is 38.3 Å². The molecule has 2 unspecified atom stereocenters. The maximum Gasteiger partial charge on any atom is 0.181 e. The fourth-order valence-electron chi connectivity index (χ4n) is 3.06. The van der Waals surface area contributed by atoms with Crippen molar-refractivity contribution in [2.24, 2.45) is 5.92 Å². The van der Waals surface area contributed by atoms with Crippen LogP contribution >= 0.6 is 22.6 Å². The van der Waals surface area contributed by atoms with Crippen LogP contribution in [0.25, 0.3) is 11.4 Å². The Labute approximate surface area is 133 Å². The van der Waals surface area contributed by atoms with E-state index < -0.39 is 0 Å². The van der Waals surface area contributed by atoms with E-state index in [0.717, 1.165) is 17.3 Å². The molecule has 0 bridgehead atoms. The molecule has 0 aliphatic heterocycles. The summed E-state index contributed by atoms with van der Waals surface area (Å²) in [5.41, 5.74) is 1.10. The molecule has 20 heavy (non-hydrogen) atoms. The van der Waals surface area contributed by atoms with Gasteiger partial charge in [-0.15, -0.1) is 0 Å². The number of hydrogen-bond donors (Lipinski definition) is 0. The number of hydrogen-bond acceptors (Lipinski definition) is 2. The zero-order valence-corrected chi connectivity index (χ0v) is 14.0. The molecule has 1 aliphatic carbocycles. The van der Waals surface area contributed by atoms with E-state index in [0.29, 0.717) is 6.04 Å². The molecule has 3 rings (SSSR count). The van der Waals surface area contributed by atoms with Gasteiger partial charge in [-0.25, -0.2) is 9.67 Å². The molecular formula is C16H20IN3. The van der Waals surface area contributed by atoms with Crippen molar-refractivity contribution >= 4 is 22.6 Å². The normalized spacial score (nSPS) is 22.9. The van der Waals surface area contributed by atoms with Crippen LogP contribution in [0.3, 0.4) is 0 Å². The van der Waals surface area contributed by atoms with Crippen LogP contribution in [0.5, 0.6) is 0 Å². The molecule has 2 aromatic rings. The van der Waals surface area contributed by atoms with Crippen molar-refractivity contribution in [1.82, 2.24) is 14.8 Å². The highest BCUT2D eigenvalue weighted by Crippen LogP contribution is 2.33. The van der Waals surface area contributed by atoms with Crippen LogP contribution in [0.2, 0.25) is 0 Å². The lowest BCUT2D eigenvalue weighted by Gasteiger charge is -2.28. The summed E-state index contributed by atoms with van der Waals surface area (Å²) in [5.74, 6) is 1.71. The highest BCUT2D eigenvalue weighted by Gasteiger charge is 2.23. The quantitative estimate of drug-likeness (QED) is 0.723. The molecule has 0 radical (unpaired) electrons. The average molecular weight is 381 g/mol. The van der Waals surface area contributed by atoms with Crippen molar-refractivity contribution in [3.05, 3.63) is 34.2 Å². The molecule has 2 atom stereocenters.